The van der Waals surface area contributed by atoms with E-state index in [9.17, 15) is 9.59 Å². The number of hydrogen-bond donors (Lipinski definition) is 2. The summed E-state index contributed by atoms with van der Waals surface area (Å²) in [5, 5.41) is 15.8. The highest BCUT2D eigenvalue weighted by atomic mass is 16.4. The highest BCUT2D eigenvalue weighted by Crippen LogP contribution is 2.28. The first kappa shape index (κ1) is 15.3. The fourth-order valence-electron chi connectivity index (χ4n) is 2.63. The van der Waals surface area contributed by atoms with Crippen LogP contribution in [0.2, 0.25) is 0 Å². The molecule has 1 aromatic heterocycles. The molecule has 0 aromatic carbocycles. The molecule has 1 aliphatic carbocycles. The second kappa shape index (κ2) is 7.06. The minimum Gasteiger partial charge on any atom is -0.481 e. The molecule has 6 nitrogen and oxygen atoms in total. The van der Waals surface area contributed by atoms with Crippen molar-refractivity contribution >= 4 is 18.0 Å². The number of carbonyl (C=O) groups excluding carboxylic acids is 1. The topological polar surface area (TPSA) is 84.2 Å². The molecular formula is C15H21N3O3. The van der Waals surface area contributed by atoms with E-state index in [0.29, 0.717) is 25.3 Å². The summed E-state index contributed by atoms with van der Waals surface area (Å²) in [5.41, 5.74) is 0.868. The molecule has 0 saturated heterocycles. The zero-order chi connectivity index (χ0) is 15.2. The summed E-state index contributed by atoms with van der Waals surface area (Å²) in [5.74, 6) is -0.649. The number of carboxylic acid groups (broad SMARTS) is 1. The van der Waals surface area contributed by atoms with E-state index in [1.165, 1.54) is 6.08 Å². The summed E-state index contributed by atoms with van der Waals surface area (Å²) in [4.78, 5) is 22.6. The fraction of sp³-hybridized carbons (Fsp3) is 0.533. The van der Waals surface area contributed by atoms with Crippen molar-refractivity contribution in [1.29, 1.82) is 0 Å². The summed E-state index contributed by atoms with van der Waals surface area (Å²) < 4.78 is 1.69. The number of aryl methyl sites for hydroxylation is 1. The van der Waals surface area contributed by atoms with Gasteiger partial charge in [0.2, 0.25) is 5.91 Å². The van der Waals surface area contributed by atoms with E-state index in [-0.39, 0.29) is 11.8 Å². The van der Waals surface area contributed by atoms with Crippen LogP contribution in [0, 0.1) is 11.8 Å². The Morgan fingerprint density at radius 1 is 1.43 bits per heavy atom. The number of hydrogen-bond acceptors (Lipinski definition) is 3. The molecule has 21 heavy (non-hydrogen) atoms. The largest absolute Gasteiger partial charge is 0.481 e. The highest BCUT2D eigenvalue weighted by molar-refractivity contribution is 5.91. The third-order valence-corrected chi connectivity index (χ3v) is 4.03. The van der Waals surface area contributed by atoms with E-state index in [0.717, 1.165) is 18.5 Å². The second-order valence-corrected chi connectivity index (χ2v) is 5.51. The van der Waals surface area contributed by atoms with Crippen LogP contribution in [0.5, 0.6) is 0 Å². The van der Waals surface area contributed by atoms with Crippen LogP contribution in [0.1, 0.15) is 31.4 Å². The molecule has 6 heteroatoms. The second-order valence-electron chi connectivity index (χ2n) is 5.51. The summed E-state index contributed by atoms with van der Waals surface area (Å²) in [6, 6.07) is 1.83. The molecule has 0 radical (unpaired) electrons. The Morgan fingerprint density at radius 2 is 2.14 bits per heavy atom. The van der Waals surface area contributed by atoms with Crippen LogP contribution in [-0.4, -0.2) is 33.3 Å². The van der Waals surface area contributed by atoms with E-state index in [2.05, 4.69) is 10.4 Å². The number of carbonyl (C=O) groups is 2. The lowest BCUT2D eigenvalue weighted by Crippen LogP contribution is -2.31. The van der Waals surface area contributed by atoms with Gasteiger partial charge in [0.25, 0.3) is 0 Å². The van der Waals surface area contributed by atoms with Crippen molar-refractivity contribution in [1.82, 2.24) is 15.1 Å². The first-order valence-corrected chi connectivity index (χ1v) is 7.23. The molecule has 1 aliphatic rings. The first-order chi connectivity index (χ1) is 10.1. The van der Waals surface area contributed by atoms with Crippen LogP contribution in [0.25, 0.3) is 6.08 Å². The van der Waals surface area contributed by atoms with Crippen LogP contribution in [0.15, 0.2) is 18.3 Å². The molecule has 2 rings (SSSR count). The van der Waals surface area contributed by atoms with Gasteiger partial charge in [0.1, 0.15) is 0 Å². The van der Waals surface area contributed by atoms with Crippen molar-refractivity contribution in [3.63, 3.8) is 0 Å². The Bertz CT molecular complexity index is 528. The maximum absolute atomic E-state index is 11.7. The van der Waals surface area contributed by atoms with Gasteiger partial charge in [0.15, 0.2) is 0 Å². The van der Waals surface area contributed by atoms with Gasteiger partial charge in [-0.15, -0.1) is 0 Å². The first-order valence-electron chi connectivity index (χ1n) is 7.23. The molecular weight excluding hydrogens is 270 g/mol. The van der Waals surface area contributed by atoms with E-state index in [1.807, 2.05) is 13.1 Å². The Hall–Kier alpha value is -2.11. The Labute approximate surface area is 123 Å². The molecule has 1 aromatic rings. The van der Waals surface area contributed by atoms with Crippen molar-refractivity contribution in [3.05, 3.63) is 24.0 Å². The fourth-order valence-corrected chi connectivity index (χ4v) is 2.63. The van der Waals surface area contributed by atoms with E-state index >= 15 is 0 Å². The number of amides is 1. The number of rotatable bonds is 5. The average molecular weight is 291 g/mol. The molecule has 1 heterocycles. The molecule has 1 amide bonds. The predicted molar refractivity (Wildman–Crippen MR) is 78.3 cm³/mol. The van der Waals surface area contributed by atoms with Gasteiger partial charge in [-0.05, 0) is 43.7 Å². The molecule has 0 spiro atoms. The average Bonchev–Trinajstić information content (AvgIpc) is 2.88. The lowest BCUT2D eigenvalue weighted by Gasteiger charge is -2.25. The Balaban J connectivity index is 1.71. The van der Waals surface area contributed by atoms with Crippen molar-refractivity contribution in [3.8, 4) is 0 Å². The monoisotopic (exact) mass is 291 g/mol. The number of nitrogens with zero attached hydrogens (tertiary/aromatic N) is 2. The molecule has 114 valence electrons. The molecule has 1 saturated carbocycles. The van der Waals surface area contributed by atoms with Gasteiger partial charge in [0, 0.05) is 25.9 Å². The molecule has 1 fully saturated rings. The normalized spacial score (nSPS) is 22.3. The van der Waals surface area contributed by atoms with E-state index in [4.69, 9.17) is 5.11 Å². The lowest BCUT2D eigenvalue weighted by molar-refractivity contribution is -0.143. The quantitative estimate of drug-likeness (QED) is 0.804. The van der Waals surface area contributed by atoms with Gasteiger partial charge in [0.05, 0.1) is 11.6 Å². The van der Waals surface area contributed by atoms with Gasteiger partial charge < -0.3 is 10.4 Å². The molecule has 2 N–H and O–H groups in total. The smallest absolute Gasteiger partial charge is 0.306 e. The minimum absolute atomic E-state index is 0.128. The third-order valence-electron chi connectivity index (χ3n) is 4.03. The van der Waals surface area contributed by atoms with Crippen molar-refractivity contribution in [2.45, 2.75) is 25.7 Å². The minimum atomic E-state index is -0.698. The lowest BCUT2D eigenvalue weighted by atomic mass is 9.82. The predicted octanol–water partition coefficient (Wildman–Crippen LogP) is 1.44. The molecule has 0 bridgehead atoms. The number of nitrogens with one attached hydrogen (secondary N) is 1. The number of aromatic nitrogens is 2. The summed E-state index contributed by atoms with van der Waals surface area (Å²) in [6.07, 6.45) is 8.05. The van der Waals surface area contributed by atoms with Gasteiger partial charge >= 0.3 is 5.97 Å². The van der Waals surface area contributed by atoms with Gasteiger partial charge in [-0.1, -0.05) is 0 Å². The number of carboxylic acids is 1. The van der Waals surface area contributed by atoms with Gasteiger partial charge in [-0.3, -0.25) is 14.3 Å². The van der Waals surface area contributed by atoms with E-state index < -0.39 is 5.97 Å². The third kappa shape index (κ3) is 4.44. The van der Waals surface area contributed by atoms with Crippen molar-refractivity contribution < 1.29 is 14.7 Å². The van der Waals surface area contributed by atoms with Crippen LogP contribution in [0.3, 0.4) is 0 Å². The Morgan fingerprint density at radius 3 is 2.71 bits per heavy atom. The van der Waals surface area contributed by atoms with Crippen LogP contribution >= 0.6 is 0 Å². The summed E-state index contributed by atoms with van der Waals surface area (Å²) in [7, 11) is 1.82. The van der Waals surface area contributed by atoms with Crippen LogP contribution in [0.4, 0.5) is 0 Å². The molecule has 0 atom stereocenters. The number of aliphatic carboxylic acids is 1. The van der Waals surface area contributed by atoms with Crippen LogP contribution < -0.4 is 5.32 Å². The van der Waals surface area contributed by atoms with Crippen molar-refractivity contribution in [2.24, 2.45) is 18.9 Å². The van der Waals surface area contributed by atoms with Gasteiger partial charge in [-0.2, -0.15) is 5.10 Å². The van der Waals surface area contributed by atoms with Crippen molar-refractivity contribution in [2.75, 3.05) is 6.54 Å². The molecule has 0 aliphatic heterocycles. The maximum Gasteiger partial charge on any atom is 0.306 e. The zero-order valence-electron chi connectivity index (χ0n) is 12.2. The highest BCUT2D eigenvalue weighted by Gasteiger charge is 2.25. The zero-order valence-corrected chi connectivity index (χ0v) is 12.2. The molecule has 0 unspecified atom stereocenters. The standard InChI is InChI=1S/C15H21N3O3/c1-18-13(8-9-17-18)6-7-14(19)16-10-11-2-4-12(5-3-11)15(20)21/h6-9,11-12H,2-5,10H2,1H3,(H,16,19)(H,20,21). The summed E-state index contributed by atoms with van der Waals surface area (Å²) >= 11 is 0. The SMILES string of the molecule is Cn1nccc1C=CC(=O)NCC1CCC(C(=O)O)CC1. The van der Waals surface area contributed by atoms with Gasteiger partial charge in [-0.25, -0.2) is 0 Å². The Kier molecular flexibility index (Phi) is 5.14. The maximum atomic E-state index is 11.7. The summed E-state index contributed by atoms with van der Waals surface area (Å²) in [6.45, 7) is 0.612. The van der Waals surface area contributed by atoms with E-state index in [1.54, 1.807) is 17.0 Å². The van der Waals surface area contributed by atoms with Crippen LogP contribution in [-0.2, 0) is 16.6 Å².